The summed E-state index contributed by atoms with van der Waals surface area (Å²) in [6.07, 6.45) is 7.05. The van der Waals surface area contributed by atoms with Gasteiger partial charge in [0.25, 0.3) is 0 Å². The lowest BCUT2D eigenvalue weighted by atomic mass is 10.1. The van der Waals surface area contributed by atoms with E-state index in [1.165, 1.54) is 24.8 Å². The lowest BCUT2D eigenvalue weighted by Gasteiger charge is -2.22. The number of pyridine rings is 1. The Hall–Kier alpha value is -1.16. The second-order valence-corrected chi connectivity index (χ2v) is 5.97. The van der Waals surface area contributed by atoms with Crippen LogP contribution < -0.4 is 5.32 Å². The van der Waals surface area contributed by atoms with E-state index in [4.69, 9.17) is 16.3 Å². The molecule has 0 spiro atoms. The van der Waals surface area contributed by atoms with Gasteiger partial charge in [-0.05, 0) is 56.0 Å². The zero-order valence-corrected chi connectivity index (χ0v) is 12.9. The number of halogens is 1. The van der Waals surface area contributed by atoms with Gasteiger partial charge in [0.2, 0.25) is 0 Å². The molecule has 1 N–H and O–H groups in total. The lowest BCUT2D eigenvalue weighted by Crippen LogP contribution is -2.25. The van der Waals surface area contributed by atoms with Gasteiger partial charge in [-0.2, -0.15) is 0 Å². The quantitative estimate of drug-likeness (QED) is 0.850. The highest BCUT2D eigenvalue weighted by atomic mass is 35.5. The van der Waals surface area contributed by atoms with Crippen molar-refractivity contribution in [1.82, 2.24) is 10.3 Å². The molecular formula is C17H21ClN2O. The number of ether oxygens (including phenoxy) is 1. The second kappa shape index (κ2) is 7.21. The smallest absolute Gasteiger partial charge is 0.0761 e. The molecule has 1 unspecified atom stereocenters. The topological polar surface area (TPSA) is 34.1 Å². The lowest BCUT2D eigenvalue weighted by molar-refractivity contribution is 0.0115. The minimum absolute atomic E-state index is 0.436. The number of nitrogens with one attached hydrogen (secondary N) is 1. The van der Waals surface area contributed by atoms with E-state index >= 15 is 0 Å². The zero-order chi connectivity index (χ0) is 14.5. The SMILES string of the molecule is Clc1ccc(CNCCC2CCCCO2)c2ncccc12. The standard InChI is InChI=1S/C17H21ClN2O/c18-16-7-6-13(17-15(16)5-3-9-20-17)12-19-10-8-14-4-1-2-11-21-14/h3,5-7,9,14,19H,1-2,4,8,10-12H2. The predicted octanol–water partition coefficient (Wildman–Crippen LogP) is 3.94. The molecule has 112 valence electrons. The van der Waals surface area contributed by atoms with Gasteiger partial charge in [0.1, 0.15) is 0 Å². The molecule has 1 saturated heterocycles. The third-order valence-corrected chi connectivity index (χ3v) is 4.36. The number of benzene rings is 1. The highest BCUT2D eigenvalue weighted by Gasteiger charge is 2.13. The molecule has 1 aromatic heterocycles. The Kier molecular flexibility index (Phi) is 5.07. The van der Waals surface area contributed by atoms with Gasteiger partial charge >= 0.3 is 0 Å². The Balaban J connectivity index is 1.57. The maximum Gasteiger partial charge on any atom is 0.0761 e. The molecule has 3 rings (SSSR count). The van der Waals surface area contributed by atoms with Crippen molar-refractivity contribution in [3.8, 4) is 0 Å². The summed E-state index contributed by atoms with van der Waals surface area (Å²) >= 11 is 6.21. The normalized spacial score (nSPS) is 19.0. The minimum atomic E-state index is 0.436. The van der Waals surface area contributed by atoms with Crippen LogP contribution in [-0.4, -0.2) is 24.2 Å². The van der Waals surface area contributed by atoms with Gasteiger partial charge in [-0.15, -0.1) is 0 Å². The van der Waals surface area contributed by atoms with E-state index in [0.717, 1.165) is 42.0 Å². The van der Waals surface area contributed by atoms with E-state index < -0.39 is 0 Å². The number of hydrogen-bond acceptors (Lipinski definition) is 3. The Morgan fingerprint density at radius 1 is 1.29 bits per heavy atom. The van der Waals surface area contributed by atoms with Crippen LogP contribution in [0.15, 0.2) is 30.5 Å². The molecule has 0 saturated carbocycles. The van der Waals surface area contributed by atoms with E-state index in [1.807, 2.05) is 24.4 Å². The molecule has 0 bridgehead atoms. The van der Waals surface area contributed by atoms with Crippen molar-refractivity contribution in [2.75, 3.05) is 13.2 Å². The first kappa shape index (κ1) is 14.8. The summed E-state index contributed by atoms with van der Waals surface area (Å²) in [6, 6.07) is 7.95. The Morgan fingerprint density at radius 3 is 3.10 bits per heavy atom. The van der Waals surface area contributed by atoms with Crippen LogP contribution in [0.4, 0.5) is 0 Å². The molecular weight excluding hydrogens is 284 g/mol. The van der Waals surface area contributed by atoms with Crippen LogP contribution in [0.1, 0.15) is 31.2 Å². The summed E-state index contributed by atoms with van der Waals surface area (Å²) in [4.78, 5) is 4.46. The molecule has 1 aromatic carbocycles. The highest BCUT2D eigenvalue weighted by Crippen LogP contribution is 2.24. The van der Waals surface area contributed by atoms with Crippen LogP contribution in [0.5, 0.6) is 0 Å². The van der Waals surface area contributed by atoms with Gasteiger partial charge in [-0.3, -0.25) is 4.98 Å². The maximum atomic E-state index is 6.21. The molecule has 0 radical (unpaired) electrons. The van der Waals surface area contributed by atoms with E-state index in [-0.39, 0.29) is 0 Å². The predicted molar refractivity (Wildman–Crippen MR) is 86.7 cm³/mol. The van der Waals surface area contributed by atoms with Crippen molar-refractivity contribution < 1.29 is 4.74 Å². The molecule has 2 aromatic rings. The van der Waals surface area contributed by atoms with Gasteiger partial charge in [0.05, 0.1) is 11.6 Å². The van der Waals surface area contributed by atoms with Gasteiger partial charge in [-0.1, -0.05) is 17.7 Å². The van der Waals surface area contributed by atoms with Crippen LogP contribution in [0.3, 0.4) is 0 Å². The van der Waals surface area contributed by atoms with E-state index in [2.05, 4.69) is 16.4 Å². The average molecular weight is 305 g/mol. The van der Waals surface area contributed by atoms with Crippen molar-refractivity contribution in [3.63, 3.8) is 0 Å². The third-order valence-electron chi connectivity index (χ3n) is 4.03. The molecule has 2 heterocycles. The molecule has 1 fully saturated rings. The fourth-order valence-electron chi connectivity index (χ4n) is 2.86. The zero-order valence-electron chi connectivity index (χ0n) is 12.1. The molecule has 3 nitrogen and oxygen atoms in total. The summed E-state index contributed by atoms with van der Waals surface area (Å²) in [5.74, 6) is 0. The fourth-order valence-corrected chi connectivity index (χ4v) is 3.08. The van der Waals surface area contributed by atoms with Crippen molar-refractivity contribution in [2.45, 2.75) is 38.3 Å². The molecule has 0 amide bonds. The number of nitrogens with zero attached hydrogens (tertiary/aromatic N) is 1. The first-order chi connectivity index (χ1) is 10.3. The van der Waals surface area contributed by atoms with Crippen molar-refractivity contribution in [2.24, 2.45) is 0 Å². The van der Waals surface area contributed by atoms with Crippen LogP contribution in [-0.2, 0) is 11.3 Å². The van der Waals surface area contributed by atoms with E-state index in [1.54, 1.807) is 0 Å². The van der Waals surface area contributed by atoms with E-state index in [0.29, 0.717) is 6.10 Å². The molecule has 1 aliphatic heterocycles. The van der Waals surface area contributed by atoms with Crippen LogP contribution in [0, 0.1) is 0 Å². The summed E-state index contributed by atoms with van der Waals surface area (Å²) in [5, 5.41) is 5.28. The molecule has 0 aliphatic carbocycles. The first-order valence-corrected chi connectivity index (χ1v) is 8.07. The van der Waals surface area contributed by atoms with Crippen molar-refractivity contribution >= 4 is 22.5 Å². The minimum Gasteiger partial charge on any atom is -0.378 e. The second-order valence-electron chi connectivity index (χ2n) is 5.56. The van der Waals surface area contributed by atoms with Crippen LogP contribution >= 0.6 is 11.6 Å². The number of aromatic nitrogens is 1. The Morgan fingerprint density at radius 2 is 2.24 bits per heavy atom. The molecule has 1 aliphatic rings. The molecule has 1 atom stereocenters. The monoisotopic (exact) mass is 304 g/mol. The van der Waals surface area contributed by atoms with E-state index in [9.17, 15) is 0 Å². The average Bonchev–Trinajstić information content (AvgIpc) is 2.55. The highest BCUT2D eigenvalue weighted by molar-refractivity contribution is 6.35. The Labute approximate surface area is 130 Å². The number of hydrogen-bond donors (Lipinski definition) is 1. The summed E-state index contributed by atoms with van der Waals surface area (Å²) in [7, 11) is 0. The largest absolute Gasteiger partial charge is 0.378 e. The third kappa shape index (κ3) is 3.73. The van der Waals surface area contributed by atoms with Crippen LogP contribution in [0.2, 0.25) is 5.02 Å². The summed E-state index contributed by atoms with van der Waals surface area (Å²) < 4.78 is 5.75. The van der Waals surface area contributed by atoms with Crippen molar-refractivity contribution in [1.29, 1.82) is 0 Å². The maximum absolute atomic E-state index is 6.21. The van der Waals surface area contributed by atoms with Crippen molar-refractivity contribution in [3.05, 3.63) is 41.0 Å². The fraction of sp³-hybridized carbons (Fsp3) is 0.471. The van der Waals surface area contributed by atoms with Crippen LogP contribution in [0.25, 0.3) is 10.9 Å². The Bertz CT molecular complexity index is 596. The van der Waals surface area contributed by atoms with Gasteiger partial charge in [0, 0.05) is 29.8 Å². The summed E-state index contributed by atoms with van der Waals surface area (Å²) in [5.41, 5.74) is 2.19. The molecule has 4 heteroatoms. The number of fused-ring (bicyclic) bond motifs is 1. The molecule has 21 heavy (non-hydrogen) atoms. The van der Waals surface area contributed by atoms with Gasteiger partial charge < -0.3 is 10.1 Å². The summed E-state index contributed by atoms with van der Waals surface area (Å²) in [6.45, 7) is 2.72. The first-order valence-electron chi connectivity index (χ1n) is 7.69. The van der Waals surface area contributed by atoms with Gasteiger partial charge in [0.15, 0.2) is 0 Å². The van der Waals surface area contributed by atoms with Gasteiger partial charge in [-0.25, -0.2) is 0 Å². The number of rotatable bonds is 5.